The molecule has 1 aliphatic heterocycles. The number of benzene rings is 2. The Balaban J connectivity index is 1.46. The quantitative estimate of drug-likeness (QED) is 0.522. The van der Waals surface area contributed by atoms with E-state index in [1.54, 1.807) is 6.08 Å². The van der Waals surface area contributed by atoms with Crippen LogP contribution in [0, 0.1) is 12.8 Å². The van der Waals surface area contributed by atoms with Crippen LogP contribution < -0.4 is 4.74 Å². The summed E-state index contributed by atoms with van der Waals surface area (Å²) >= 11 is 1.03. The van der Waals surface area contributed by atoms with E-state index in [2.05, 4.69) is 31.2 Å². The molecule has 2 aliphatic rings. The highest BCUT2D eigenvalue weighted by Gasteiger charge is 2.36. The maximum Gasteiger partial charge on any atom is 0.293 e. The van der Waals surface area contributed by atoms with Crippen molar-refractivity contribution in [2.75, 3.05) is 6.54 Å². The summed E-state index contributed by atoms with van der Waals surface area (Å²) in [7, 11) is 0. The molecule has 0 aromatic heterocycles. The molecule has 0 bridgehead atoms. The smallest absolute Gasteiger partial charge is 0.293 e. The predicted octanol–water partition coefficient (Wildman–Crippen LogP) is 6.19. The van der Waals surface area contributed by atoms with Crippen LogP contribution in [-0.2, 0) is 11.4 Å². The summed E-state index contributed by atoms with van der Waals surface area (Å²) in [6.07, 6.45) is 7.66. The number of carbonyl (C=O) groups is 2. The fraction of sp³-hybridized carbons (Fsp3) is 0.360. The highest BCUT2D eigenvalue weighted by Crippen LogP contribution is 2.36. The van der Waals surface area contributed by atoms with E-state index in [1.165, 1.54) is 29.7 Å². The van der Waals surface area contributed by atoms with Gasteiger partial charge in [0.25, 0.3) is 11.1 Å². The average Bonchev–Trinajstić information content (AvgIpc) is 3.02. The standard InChI is InChI=1S/C25H27NO3S/c1-18-11-13-20(14-12-18)17-29-22-10-6-5-9-21(22)15-23-24(27)26(25(28)30-23)16-19-7-3-2-4-8-19/h5-6,9-15,19H,2-4,7-8,16-17H2,1H3/b23-15+. The van der Waals surface area contributed by atoms with Crippen molar-refractivity contribution in [3.63, 3.8) is 0 Å². The molecule has 0 spiro atoms. The molecule has 0 N–H and O–H groups in total. The van der Waals surface area contributed by atoms with E-state index in [0.717, 1.165) is 35.7 Å². The Morgan fingerprint density at radius 3 is 2.53 bits per heavy atom. The van der Waals surface area contributed by atoms with E-state index >= 15 is 0 Å². The lowest BCUT2D eigenvalue weighted by molar-refractivity contribution is -0.123. The maximum atomic E-state index is 12.9. The molecule has 2 aromatic rings. The number of para-hydroxylation sites is 1. The van der Waals surface area contributed by atoms with Crippen molar-refractivity contribution in [1.82, 2.24) is 4.90 Å². The van der Waals surface area contributed by atoms with Gasteiger partial charge in [-0.15, -0.1) is 0 Å². The Morgan fingerprint density at radius 1 is 1.03 bits per heavy atom. The Morgan fingerprint density at radius 2 is 1.77 bits per heavy atom. The van der Waals surface area contributed by atoms with Gasteiger partial charge in [0.15, 0.2) is 0 Å². The number of hydrogen-bond donors (Lipinski definition) is 0. The van der Waals surface area contributed by atoms with Gasteiger partial charge in [0, 0.05) is 12.1 Å². The van der Waals surface area contributed by atoms with Gasteiger partial charge in [0.05, 0.1) is 4.91 Å². The average molecular weight is 422 g/mol. The minimum absolute atomic E-state index is 0.158. The van der Waals surface area contributed by atoms with Crippen LogP contribution in [0.4, 0.5) is 4.79 Å². The highest BCUT2D eigenvalue weighted by atomic mass is 32.2. The molecular formula is C25H27NO3S. The van der Waals surface area contributed by atoms with Crippen molar-refractivity contribution in [3.05, 3.63) is 70.1 Å². The van der Waals surface area contributed by atoms with Gasteiger partial charge in [-0.1, -0.05) is 67.3 Å². The summed E-state index contributed by atoms with van der Waals surface area (Å²) in [6, 6.07) is 15.9. The molecule has 1 saturated carbocycles. The second kappa shape index (κ2) is 9.52. The molecule has 5 heteroatoms. The van der Waals surface area contributed by atoms with Gasteiger partial charge in [-0.05, 0) is 55.2 Å². The van der Waals surface area contributed by atoms with E-state index in [4.69, 9.17) is 4.74 Å². The van der Waals surface area contributed by atoms with E-state index < -0.39 is 0 Å². The molecule has 30 heavy (non-hydrogen) atoms. The molecule has 0 radical (unpaired) electrons. The molecule has 1 saturated heterocycles. The third-order valence-electron chi connectivity index (χ3n) is 5.76. The van der Waals surface area contributed by atoms with Gasteiger partial charge in [-0.2, -0.15) is 0 Å². The first-order valence-electron chi connectivity index (χ1n) is 10.6. The van der Waals surface area contributed by atoms with Crippen molar-refractivity contribution in [2.45, 2.75) is 45.6 Å². The van der Waals surface area contributed by atoms with Crippen LogP contribution in [0.2, 0.25) is 0 Å². The van der Waals surface area contributed by atoms with E-state index in [0.29, 0.717) is 29.7 Å². The zero-order valence-corrected chi connectivity index (χ0v) is 18.1. The van der Waals surface area contributed by atoms with Crippen LogP contribution >= 0.6 is 11.8 Å². The van der Waals surface area contributed by atoms with Crippen molar-refractivity contribution in [3.8, 4) is 5.75 Å². The second-order valence-corrected chi connectivity index (χ2v) is 9.10. The van der Waals surface area contributed by atoms with Gasteiger partial charge in [-0.3, -0.25) is 14.5 Å². The number of aryl methyl sites for hydroxylation is 1. The summed E-state index contributed by atoms with van der Waals surface area (Å²) < 4.78 is 6.02. The molecule has 2 fully saturated rings. The summed E-state index contributed by atoms with van der Waals surface area (Å²) in [5.41, 5.74) is 3.11. The van der Waals surface area contributed by atoms with Gasteiger partial charge < -0.3 is 4.74 Å². The molecule has 0 unspecified atom stereocenters. The summed E-state index contributed by atoms with van der Waals surface area (Å²) in [4.78, 5) is 27.3. The molecule has 156 valence electrons. The first-order valence-corrected chi connectivity index (χ1v) is 11.4. The number of thioether (sulfide) groups is 1. The molecule has 1 heterocycles. The SMILES string of the molecule is Cc1ccc(COc2ccccc2/C=C2/SC(=O)N(CC3CCCCC3)C2=O)cc1. The zero-order chi connectivity index (χ0) is 20.9. The lowest BCUT2D eigenvalue weighted by Gasteiger charge is -2.25. The Hall–Kier alpha value is -2.53. The Kier molecular flexibility index (Phi) is 6.58. The molecular weight excluding hydrogens is 394 g/mol. The number of amides is 2. The van der Waals surface area contributed by atoms with Crippen LogP contribution in [0.15, 0.2) is 53.4 Å². The van der Waals surface area contributed by atoms with Crippen LogP contribution in [0.3, 0.4) is 0 Å². The fourth-order valence-corrected chi connectivity index (χ4v) is 4.84. The van der Waals surface area contributed by atoms with Crippen LogP contribution in [0.25, 0.3) is 6.08 Å². The summed E-state index contributed by atoms with van der Waals surface area (Å²) in [5, 5.41) is -0.158. The maximum absolute atomic E-state index is 12.9. The number of imide groups is 1. The normalized spacial score (nSPS) is 19.0. The third kappa shape index (κ3) is 4.96. The Bertz CT molecular complexity index is 945. The highest BCUT2D eigenvalue weighted by molar-refractivity contribution is 8.18. The summed E-state index contributed by atoms with van der Waals surface area (Å²) in [5.74, 6) is 0.970. The van der Waals surface area contributed by atoms with E-state index in [1.807, 2.05) is 24.3 Å². The predicted molar refractivity (Wildman–Crippen MR) is 121 cm³/mol. The van der Waals surface area contributed by atoms with Gasteiger partial charge >= 0.3 is 0 Å². The van der Waals surface area contributed by atoms with Crippen molar-refractivity contribution >= 4 is 29.0 Å². The molecule has 0 atom stereocenters. The number of hydrogen-bond acceptors (Lipinski definition) is 4. The first-order chi connectivity index (χ1) is 14.6. The Labute approximate surface area is 182 Å². The minimum atomic E-state index is -0.177. The van der Waals surface area contributed by atoms with E-state index in [9.17, 15) is 9.59 Å². The number of rotatable bonds is 6. The number of nitrogens with zero attached hydrogens (tertiary/aromatic N) is 1. The van der Waals surface area contributed by atoms with E-state index in [-0.39, 0.29) is 11.1 Å². The molecule has 4 rings (SSSR count). The lowest BCUT2D eigenvalue weighted by atomic mass is 9.89. The molecule has 4 nitrogen and oxygen atoms in total. The topological polar surface area (TPSA) is 46.6 Å². The number of carbonyl (C=O) groups excluding carboxylic acids is 2. The zero-order valence-electron chi connectivity index (χ0n) is 17.3. The summed E-state index contributed by atoms with van der Waals surface area (Å²) in [6.45, 7) is 3.06. The molecule has 2 aromatic carbocycles. The monoisotopic (exact) mass is 421 g/mol. The van der Waals surface area contributed by atoms with Crippen LogP contribution in [0.1, 0.15) is 48.8 Å². The molecule has 1 aliphatic carbocycles. The number of ether oxygens (including phenoxy) is 1. The van der Waals surface area contributed by atoms with Crippen LogP contribution in [0.5, 0.6) is 5.75 Å². The second-order valence-electron chi connectivity index (χ2n) is 8.11. The fourth-order valence-electron chi connectivity index (χ4n) is 4.00. The van der Waals surface area contributed by atoms with Crippen molar-refractivity contribution in [1.29, 1.82) is 0 Å². The van der Waals surface area contributed by atoms with Gasteiger partial charge in [0.2, 0.25) is 0 Å². The van der Waals surface area contributed by atoms with Crippen molar-refractivity contribution in [2.24, 2.45) is 5.92 Å². The minimum Gasteiger partial charge on any atom is -0.488 e. The largest absolute Gasteiger partial charge is 0.488 e. The molecule has 2 amide bonds. The lowest BCUT2D eigenvalue weighted by Crippen LogP contribution is -2.34. The van der Waals surface area contributed by atoms with Gasteiger partial charge in [0.1, 0.15) is 12.4 Å². The first kappa shape index (κ1) is 20.7. The third-order valence-corrected chi connectivity index (χ3v) is 6.67. The van der Waals surface area contributed by atoms with Crippen LogP contribution in [-0.4, -0.2) is 22.6 Å². The van der Waals surface area contributed by atoms with Crippen molar-refractivity contribution < 1.29 is 14.3 Å². The van der Waals surface area contributed by atoms with Gasteiger partial charge in [-0.25, -0.2) is 0 Å².